The summed E-state index contributed by atoms with van der Waals surface area (Å²) in [7, 11) is 0. The molecule has 1 heterocycles. The number of carbonyl (C=O) groups excluding carboxylic acids is 2. The molecule has 1 aliphatic rings. The minimum absolute atomic E-state index is 0.0127. The Morgan fingerprint density at radius 1 is 1.50 bits per heavy atom. The highest BCUT2D eigenvalue weighted by molar-refractivity contribution is 5.97. The van der Waals surface area contributed by atoms with Crippen molar-refractivity contribution >= 4 is 11.8 Å². The van der Waals surface area contributed by atoms with Gasteiger partial charge in [-0.2, -0.15) is 0 Å². The quantitative estimate of drug-likeness (QED) is 0.721. The van der Waals surface area contributed by atoms with Crippen molar-refractivity contribution in [1.82, 2.24) is 10.6 Å². The predicted molar refractivity (Wildman–Crippen MR) is 66.3 cm³/mol. The minimum atomic E-state index is -0.311. The molecule has 1 aliphatic heterocycles. The second-order valence-electron chi connectivity index (χ2n) is 4.53. The van der Waals surface area contributed by atoms with Crippen LogP contribution in [0, 0.1) is 6.92 Å². The zero-order valence-corrected chi connectivity index (χ0v) is 10.2. The highest BCUT2D eigenvalue weighted by atomic mass is 16.3. The molecule has 3 N–H and O–H groups in total. The van der Waals surface area contributed by atoms with Crippen molar-refractivity contribution in [2.45, 2.75) is 25.8 Å². The molecule has 0 spiro atoms. The number of phenolic OH excluding ortho intramolecular Hbond substituents is 1. The normalized spacial score (nSPS) is 19.2. The molecule has 18 heavy (non-hydrogen) atoms. The van der Waals surface area contributed by atoms with E-state index in [0.717, 1.165) is 5.56 Å². The van der Waals surface area contributed by atoms with Crippen LogP contribution in [0.15, 0.2) is 18.2 Å². The fourth-order valence-corrected chi connectivity index (χ4v) is 1.95. The second kappa shape index (κ2) is 5.08. The molecule has 1 saturated heterocycles. The lowest BCUT2D eigenvalue weighted by Gasteiger charge is -2.23. The fraction of sp³-hybridized carbons (Fsp3) is 0.385. The number of phenols is 1. The summed E-state index contributed by atoms with van der Waals surface area (Å²) in [4.78, 5) is 22.9. The van der Waals surface area contributed by atoms with Gasteiger partial charge in [-0.25, -0.2) is 0 Å². The standard InChI is InChI=1S/C13H16N2O3/c1-8-2-4-10(11(16)6-8)13(18)15-9-3-5-12(17)14-7-9/h2,4,6,9,16H,3,5,7H2,1H3,(H,14,17)(H,15,18). The van der Waals surface area contributed by atoms with Crippen LogP contribution in [0.3, 0.4) is 0 Å². The largest absolute Gasteiger partial charge is 0.507 e. The maximum Gasteiger partial charge on any atom is 0.255 e. The van der Waals surface area contributed by atoms with E-state index in [4.69, 9.17) is 0 Å². The molecule has 5 heteroatoms. The highest BCUT2D eigenvalue weighted by Gasteiger charge is 2.21. The summed E-state index contributed by atoms with van der Waals surface area (Å²) in [5, 5.41) is 15.2. The second-order valence-corrected chi connectivity index (χ2v) is 4.53. The Balaban J connectivity index is 2.01. The average Bonchev–Trinajstić information content (AvgIpc) is 2.32. The number of amides is 2. The number of rotatable bonds is 2. The Hall–Kier alpha value is -2.04. The molecule has 0 radical (unpaired) electrons. The van der Waals surface area contributed by atoms with E-state index < -0.39 is 0 Å². The third-order valence-electron chi connectivity index (χ3n) is 3.00. The summed E-state index contributed by atoms with van der Waals surface area (Å²) in [5.41, 5.74) is 1.16. The Morgan fingerprint density at radius 2 is 2.28 bits per heavy atom. The van der Waals surface area contributed by atoms with Gasteiger partial charge in [0.05, 0.1) is 5.56 Å². The van der Waals surface area contributed by atoms with Gasteiger partial charge in [0.25, 0.3) is 5.91 Å². The first-order valence-electron chi connectivity index (χ1n) is 5.93. The monoisotopic (exact) mass is 248 g/mol. The van der Waals surface area contributed by atoms with E-state index in [9.17, 15) is 14.7 Å². The number of hydrogen-bond donors (Lipinski definition) is 3. The molecule has 5 nitrogen and oxygen atoms in total. The summed E-state index contributed by atoms with van der Waals surface area (Å²) in [6.45, 7) is 2.29. The van der Waals surface area contributed by atoms with Gasteiger partial charge in [-0.1, -0.05) is 6.07 Å². The lowest BCUT2D eigenvalue weighted by Crippen LogP contribution is -2.47. The van der Waals surface area contributed by atoms with Crippen molar-refractivity contribution in [3.8, 4) is 5.75 Å². The molecule has 2 amide bonds. The molecule has 0 bridgehead atoms. The van der Waals surface area contributed by atoms with Crippen LogP contribution in [0.25, 0.3) is 0 Å². The van der Waals surface area contributed by atoms with E-state index in [1.54, 1.807) is 18.2 Å². The van der Waals surface area contributed by atoms with Crippen molar-refractivity contribution in [2.75, 3.05) is 6.54 Å². The Kier molecular flexibility index (Phi) is 3.50. The van der Waals surface area contributed by atoms with Crippen LogP contribution in [0.1, 0.15) is 28.8 Å². The van der Waals surface area contributed by atoms with Crippen molar-refractivity contribution in [1.29, 1.82) is 0 Å². The smallest absolute Gasteiger partial charge is 0.255 e. The molecule has 0 saturated carbocycles. The zero-order chi connectivity index (χ0) is 13.1. The van der Waals surface area contributed by atoms with Gasteiger partial charge in [-0.3, -0.25) is 9.59 Å². The summed E-state index contributed by atoms with van der Waals surface area (Å²) >= 11 is 0. The number of aryl methyl sites for hydroxylation is 1. The average molecular weight is 248 g/mol. The summed E-state index contributed by atoms with van der Waals surface area (Å²) in [6, 6.07) is 4.85. The number of aromatic hydroxyl groups is 1. The SMILES string of the molecule is Cc1ccc(C(=O)NC2CCC(=O)NC2)c(O)c1. The van der Waals surface area contributed by atoms with Crippen LogP contribution in [0.5, 0.6) is 5.75 Å². The minimum Gasteiger partial charge on any atom is -0.507 e. The number of hydrogen-bond acceptors (Lipinski definition) is 3. The third-order valence-corrected chi connectivity index (χ3v) is 3.00. The van der Waals surface area contributed by atoms with Crippen molar-refractivity contribution < 1.29 is 14.7 Å². The lowest BCUT2D eigenvalue weighted by molar-refractivity contribution is -0.122. The fourth-order valence-electron chi connectivity index (χ4n) is 1.95. The molecule has 1 aromatic rings. The molecular weight excluding hydrogens is 232 g/mol. The highest BCUT2D eigenvalue weighted by Crippen LogP contribution is 2.18. The van der Waals surface area contributed by atoms with Gasteiger partial charge in [0.1, 0.15) is 5.75 Å². The summed E-state index contributed by atoms with van der Waals surface area (Å²) in [6.07, 6.45) is 1.05. The lowest BCUT2D eigenvalue weighted by atomic mass is 10.1. The Morgan fingerprint density at radius 3 is 2.89 bits per heavy atom. The molecule has 1 aromatic carbocycles. The van der Waals surface area contributed by atoms with Gasteiger partial charge in [0.2, 0.25) is 5.91 Å². The van der Waals surface area contributed by atoms with Crippen molar-refractivity contribution in [2.24, 2.45) is 0 Å². The van der Waals surface area contributed by atoms with E-state index in [1.165, 1.54) is 0 Å². The molecule has 1 fully saturated rings. The summed E-state index contributed by atoms with van der Waals surface area (Å²) < 4.78 is 0. The van der Waals surface area contributed by atoms with Crippen LogP contribution in [0.2, 0.25) is 0 Å². The van der Waals surface area contributed by atoms with Gasteiger partial charge in [0, 0.05) is 19.0 Å². The number of nitrogens with one attached hydrogen (secondary N) is 2. The van der Waals surface area contributed by atoms with E-state index in [-0.39, 0.29) is 29.2 Å². The number of piperidine rings is 1. The van der Waals surface area contributed by atoms with Gasteiger partial charge in [0.15, 0.2) is 0 Å². The molecule has 0 aliphatic carbocycles. The van der Waals surface area contributed by atoms with E-state index >= 15 is 0 Å². The molecule has 2 rings (SSSR count). The van der Waals surface area contributed by atoms with E-state index in [1.807, 2.05) is 6.92 Å². The van der Waals surface area contributed by atoms with Crippen LogP contribution >= 0.6 is 0 Å². The maximum atomic E-state index is 11.9. The van der Waals surface area contributed by atoms with E-state index in [2.05, 4.69) is 10.6 Å². The van der Waals surface area contributed by atoms with Gasteiger partial charge in [-0.15, -0.1) is 0 Å². The maximum absolute atomic E-state index is 11.9. The molecule has 1 unspecified atom stereocenters. The third kappa shape index (κ3) is 2.80. The first-order valence-corrected chi connectivity index (χ1v) is 5.93. The van der Waals surface area contributed by atoms with Crippen LogP contribution < -0.4 is 10.6 Å². The van der Waals surface area contributed by atoms with Gasteiger partial charge >= 0.3 is 0 Å². The number of benzene rings is 1. The number of carbonyl (C=O) groups is 2. The van der Waals surface area contributed by atoms with E-state index in [0.29, 0.717) is 19.4 Å². The topological polar surface area (TPSA) is 78.4 Å². The van der Waals surface area contributed by atoms with Gasteiger partial charge < -0.3 is 15.7 Å². The van der Waals surface area contributed by atoms with Crippen LogP contribution in [0.4, 0.5) is 0 Å². The molecule has 96 valence electrons. The van der Waals surface area contributed by atoms with Crippen molar-refractivity contribution in [3.05, 3.63) is 29.3 Å². The first-order chi connectivity index (χ1) is 8.56. The van der Waals surface area contributed by atoms with Gasteiger partial charge in [-0.05, 0) is 31.0 Å². The summed E-state index contributed by atoms with van der Waals surface area (Å²) in [5.74, 6) is -0.320. The van der Waals surface area contributed by atoms with Crippen LogP contribution in [-0.2, 0) is 4.79 Å². The molecular formula is C13H16N2O3. The Labute approximate surface area is 105 Å². The zero-order valence-electron chi connectivity index (χ0n) is 10.2. The Bertz CT molecular complexity index is 475. The predicted octanol–water partition coefficient (Wildman–Crippen LogP) is 0.709. The van der Waals surface area contributed by atoms with Crippen LogP contribution in [-0.4, -0.2) is 29.5 Å². The first kappa shape index (κ1) is 12.4. The molecule has 1 atom stereocenters. The molecule has 0 aromatic heterocycles. The van der Waals surface area contributed by atoms with Crippen molar-refractivity contribution in [3.63, 3.8) is 0 Å².